The third kappa shape index (κ3) is 2.88. The normalized spacial score (nSPS) is 30.6. The first-order valence-electron chi connectivity index (χ1n) is 8.92. The quantitative estimate of drug-likeness (QED) is 0.837. The Morgan fingerprint density at radius 3 is 2.43 bits per heavy atom. The van der Waals surface area contributed by atoms with Crippen LogP contribution in [-0.2, 0) is 0 Å². The molecule has 0 spiro atoms. The molecule has 0 unspecified atom stereocenters. The third-order valence-electron chi connectivity index (χ3n) is 5.78. The molecule has 0 amide bonds. The fraction of sp³-hybridized carbons (Fsp3) is 0.429. The summed E-state index contributed by atoms with van der Waals surface area (Å²) in [5.41, 5.74) is 2.52. The average Bonchev–Trinajstić information content (AvgIpc) is 2.62. The molecule has 1 saturated heterocycles. The maximum atomic E-state index is 10.3. The minimum Gasteiger partial charge on any atom is -0.508 e. The molecular formula is C21H25NO. The highest BCUT2D eigenvalue weighted by Gasteiger charge is 2.40. The highest BCUT2D eigenvalue weighted by atomic mass is 16.3. The number of phenolic OH excluding ortho intramolecular Hbond substituents is 1. The van der Waals surface area contributed by atoms with Gasteiger partial charge in [0.05, 0.1) is 0 Å². The fourth-order valence-electron chi connectivity index (χ4n) is 4.69. The summed E-state index contributed by atoms with van der Waals surface area (Å²) in [5.74, 6) is 1.74. The third-order valence-corrected chi connectivity index (χ3v) is 5.78. The van der Waals surface area contributed by atoms with Gasteiger partial charge in [0, 0.05) is 17.6 Å². The van der Waals surface area contributed by atoms with E-state index in [2.05, 4.69) is 41.7 Å². The van der Waals surface area contributed by atoms with Crippen LogP contribution in [0, 0.1) is 5.92 Å². The summed E-state index contributed by atoms with van der Waals surface area (Å²) in [6.07, 6.45) is 6.34. The molecule has 2 heteroatoms. The van der Waals surface area contributed by atoms with Gasteiger partial charge >= 0.3 is 0 Å². The van der Waals surface area contributed by atoms with Crippen molar-refractivity contribution in [3.8, 4) is 5.75 Å². The van der Waals surface area contributed by atoms with Gasteiger partial charge in [-0.25, -0.2) is 0 Å². The van der Waals surface area contributed by atoms with Crippen LogP contribution in [0.5, 0.6) is 5.75 Å². The number of piperidine rings is 1. The monoisotopic (exact) mass is 307 g/mol. The molecule has 2 N–H and O–H groups in total. The van der Waals surface area contributed by atoms with Gasteiger partial charge in [-0.1, -0.05) is 61.4 Å². The Hall–Kier alpha value is -1.80. The van der Waals surface area contributed by atoms with E-state index in [4.69, 9.17) is 0 Å². The highest BCUT2D eigenvalue weighted by Crippen LogP contribution is 2.46. The molecule has 2 nitrogen and oxygen atoms in total. The molecule has 0 aromatic heterocycles. The molecule has 2 aromatic rings. The van der Waals surface area contributed by atoms with E-state index in [0.717, 1.165) is 17.9 Å². The summed E-state index contributed by atoms with van der Waals surface area (Å²) in [7, 11) is 0. The molecule has 2 aromatic carbocycles. The SMILES string of the molecule is Oc1ccccc1[C@H]1C[C@@H](c2ccccc2)[C@H]2CCCC[C@@H]2N1. The Kier molecular flexibility index (Phi) is 4.09. The van der Waals surface area contributed by atoms with Crippen molar-refractivity contribution >= 4 is 0 Å². The van der Waals surface area contributed by atoms with E-state index in [-0.39, 0.29) is 6.04 Å². The van der Waals surface area contributed by atoms with Crippen LogP contribution >= 0.6 is 0 Å². The van der Waals surface area contributed by atoms with Crippen LogP contribution < -0.4 is 5.32 Å². The lowest BCUT2D eigenvalue weighted by Crippen LogP contribution is -2.48. The first-order chi connectivity index (χ1) is 11.3. The molecule has 1 aliphatic carbocycles. The lowest BCUT2D eigenvalue weighted by molar-refractivity contribution is 0.148. The van der Waals surface area contributed by atoms with Crippen LogP contribution in [-0.4, -0.2) is 11.1 Å². The number of hydrogen-bond donors (Lipinski definition) is 2. The highest BCUT2D eigenvalue weighted by molar-refractivity contribution is 5.36. The predicted octanol–water partition coefficient (Wildman–Crippen LogP) is 4.77. The summed E-state index contributed by atoms with van der Waals surface area (Å²) < 4.78 is 0. The summed E-state index contributed by atoms with van der Waals surface area (Å²) in [4.78, 5) is 0. The van der Waals surface area contributed by atoms with Crippen molar-refractivity contribution in [2.45, 2.75) is 50.1 Å². The van der Waals surface area contributed by atoms with Gasteiger partial charge in [-0.15, -0.1) is 0 Å². The van der Waals surface area contributed by atoms with E-state index in [1.54, 1.807) is 0 Å². The second kappa shape index (κ2) is 6.37. The topological polar surface area (TPSA) is 32.3 Å². The van der Waals surface area contributed by atoms with E-state index >= 15 is 0 Å². The van der Waals surface area contributed by atoms with E-state index in [0.29, 0.717) is 17.7 Å². The van der Waals surface area contributed by atoms with Crippen LogP contribution in [0.15, 0.2) is 54.6 Å². The Labute approximate surface area is 138 Å². The molecule has 120 valence electrons. The molecule has 4 atom stereocenters. The predicted molar refractivity (Wildman–Crippen MR) is 93.5 cm³/mol. The lowest BCUT2D eigenvalue weighted by atomic mass is 9.68. The molecule has 1 heterocycles. The number of hydrogen-bond acceptors (Lipinski definition) is 2. The Morgan fingerprint density at radius 2 is 1.61 bits per heavy atom. The summed E-state index contributed by atoms with van der Waals surface area (Å²) in [6, 6.07) is 19.6. The van der Waals surface area contributed by atoms with Crippen molar-refractivity contribution in [1.29, 1.82) is 0 Å². The largest absolute Gasteiger partial charge is 0.508 e. The standard InChI is InChI=1S/C21H25NO/c23-21-13-7-5-11-17(21)20-14-18(15-8-2-1-3-9-15)16-10-4-6-12-19(16)22-20/h1-3,5,7-9,11,13,16,18-20,22-23H,4,6,10,12,14H2/t16-,18+,19+,20-/m1/s1. The van der Waals surface area contributed by atoms with Crippen molar-refractivity contribution in [1.82, 2.24) is 5.32 Å². The number of aromatic hydroxyl groups is 1. The summed E-state index contributed by atoms with van der Waals surface area (Å²) >= 11 is 0. The number of benzene rings is 2. The van der Waals surface area contributed by atoms with Crippen molar-refractivity contribution in [2.24, 2.45) is 5.92 Å². The molecule has 0 radical (unpaired) electrons. The maximum Gasteiger partial charge on any atom is 0.120 e. The van der Waals surface area contributed by atoms with Gasteiger partial charge in [-0.05, 0) is 42.7 Å². The van der Waals surface area contributed by atoms with Crippen LogP contribution in [0.3, 0.4) is 0 Å². The van der Waals surface area contributed by atoms with Crippen LogP contribution in [0.2, 0.25) is 0 Å². The van der Waals surface area contributed by atoms with E-state index in [1.165, 1.54) is 31.2 Å². The molecule has 0 bridgehead atoms. The van der Waals surface area contributed by atoms with Crippen molar-refractivity contribution in [3.05, 3.63) is 65.7 Å². The number of fused-ring (bicyclic) bond motifs is 1. The van der Waals surface area contributed by atoms with Gasteiger partial charge in [0.25, 0.3) is 0 Å². The Morgan fingerprint density at radius 1 is 0.870 bits per heavy atom. The molecule has 1 aliphatic heterocycles. The van der Waals surface area contributed by atoms with Crippen LogP contribution in [0.25, 0.3) is 0 Å². The van der Waals surface area contributed by atoms with Gasteiger partial charge in [-0.3, -0.25) is 0 Å². The van der Waals surface area contributed by atoms with Crippen molar-refractivity contribution in [3.63, 3.8) is 0 Å². The molecule has 23 heavy (non-hydrogen) atoms. The van der Waals surface area contributed by atoms with Gasteiger partial charge in [0.1, 0.15) is 5.75 Å². The Bertz CT molecular complexity index is 654. The smallest absolute Gasteiger partial charge is 0.120 e. The first kappa shape index (κ1) is 14.8. The van der Waals surface area contributed by atoms with Crippen molar-refractivity contribution < 1.29 is 5.11 Å². The minimum atomic E-state index is 0.251. The van der Waals surface area contributed by atoms with Crippen LogP contribution in [0.4, 0.5) is 0 Å². The number of para-hydroxylation sites is 1. The number of rotatable bonds is 2. The zero-order valence-electron chi connectivity index (χ0n) is 13.5. The van der Waals surface area contributed by atoms with E-state index < -0.39 is 0 Å². The molecule has 4 rings (SSSR count). The van der Waals surface area contributed by atoms with E-state index in [1.807, 2.05) is 18.2 Å². The molecule has 2 aliphatic rings. The maximum absolute atomic E-state index is 10.3. The number of nitrogens with one attached hydrogen (secondary N) is 1. The van der Waals surface area contributed by atoms with Crippen LogP contribution in [0.1, 0.15) is 55.2 Å². The zero-order chi connectivity index (χ0) is 15.6. The fourth-order valence-corrected chi connectivity index (χ4v) is 4.69. The average molecular weight is 307 g/mol. The van der Waals surface area contributed by atoms with E-state index in [9.17, 15) is 5.11 Å². The molecule has 2 fully saturated rings. The van der Waals surface area contributed by atoms with Gasteiger partial charge < -0.3 is 10.4 Å². The lowest BCUT2D eigenvalue weighted by Gasteiger charge is -2.46. The number of phenols is 1. The summed E-state index contributed by atoms with van der Waals surface area (Å²) in [5, 5.41) is 14.1. The second-order valence-electron chi connectivity index (χ2n) is 7.09. The van der Waals surface area contributed by atoms with Gasteiger partial charge in [0.2, 0.25) is 0 Å². The van der Waals surface area contributed by atoms with Gasteiger partial charge in [-0.2, -0.15) is 0 Å². The molecule has 1 saturated carbocycles. The summed E-state index contributed by atoms with van der Waals surface area (Å²) in [6.45, 7) is 0. The second-order valence-corrected chi connectivity index (χ2v) is 7.09. The zero-order valence-corrected chi connectivity index (χ0v) is 13.5. The Balaban J connectivity index is 1.68. The van der Waals surface area contributed by atoms with Crippen molar-refractivity contribution in [2.75, 3.05) is 0 Å². The minimum absolute atomic E-state index is 0.251. The first-order valence-corrected chi connectivity index (χ1v) is 8.92. The molecular weight excluding hydrogens is 282 g/mol. The van der Waals surface area contributed by atoms with Gasteiger partial charge in [0.15, 0.2) is 0 Å².